The molecule has 120 heavy (non-hydrogen) atoms. The standard InChI is InChI=1S/C47H51ClF3N7O9S2.C12H18N4O7S2.C6H5FN2O4S.C6H14N2O3S/c1-46(2)12-10-31(39(24-46)37-7-4-32(21-40(37)48)47(49,50)51)27-55-14-16-56(17-15-55)33-5-8-38(44(22-33)67-34-20-30-11-13-52-45(30)54-25-34)43(59)29-69(64,65)36-6-9-41(42(23-36)58(60)61)53-26-35-28-57(18-19-66-35)68(3,62)63;1-24(19,20)15-4-5-23-9(8-15)7-14-11-3-2-10(25(13,21)22)6-12(11)16(17)18;7-5-2-1-4(14(8,12)13)3-6(5)9(10)11;1-12(9,10)8-2-3-11-6(4-7)5-8/h4-9,11,13,20-23,25,35,53H,10,12,14-19,24,26-29H2,1-3H3,(H,52,54);2-3,6,9,14H,4-5,7-8H2,1H3,(H2,13,21,22);1-3H,(H2,8,12,13);6H,2-5,7H2,1H3/t35-;9-;;6-/m00.0/s1. The topological polar surface area (TPSA) is 535 Å². The van der Waals surface area contributed by atoms with Crippen molar-refractivity contribution in [3.8, 4) is 11.5 Å². The van der Waals surface area contributed by atoms with Crippen LogP contribution in [0.1, 0.15) is 54.6 Å². The van der Waals surface area contributed by atoms with Crippen LogP contribution in [0.15, 0.2) is 136 Å². The Labute approximate surface area is 693 Å². The van der Waals surface area contributed by atoms with Crippen molar-refractivity contribution in [3.63, 3.8) is 0 Å². The zero-order valence-electron chi connectivity index (χ0n) is 65.0. The van der Waals surface area contributed by atoms with Gasteiger partial charge in [0, 0.05) is 138 Å². The summed E-state index contributed by atoms with van der Waals surface area (Å²) in [5.41, 5.74) is 6.63. The lowest BCUT2D eigenvalue weighted by atomic mass is 9.72. The number of alkyl halides is 3. The van der Waals surface area contributed by atoms with Gasteiger partial charge in [0.25, 0.3) is 11.4 Å². The van der Waals surface area contributed by atoms with Crippen LogP contribution in [0.3, 0.4) is 0 Å². The number of H-pyrrole nitrogens is 1. The van der Waals surface area contributed by atoms with Gasteiger partial charge in [-0.25, -0.2) is 65.8 Å². The molecule has 49 heteroatoms. The van der Waals surface area contributed by atoms with Gasteiger partial charge in [0.05, 0.1) is 104 Å². The lowest BCUT2D eigenvalue weighted by Gasteiger charge is -2.39. The Morgan fingerprint density at radius 2 is 1.15 bits per heavy atom. The van der Waals surface area contributed by atoms with Crippen molar-refractivity contribution in [3.05, 3.63) is 179 Å². The number of halogens is 5. The number of Topliss-reactive ketones (excluding diaryl/α,β-unsaturated/α-hetero) is 1. The minimum absolute atomic E-state index is 0.000549. The van der Waals surface area contributed by atoms with E-state index >= 15 is 0 Å². The Balaban J connectivity index is 0.000000257. The monoisotopic (exact) mass is 1820 g/mol. The summed E-state index contributed by atoms with van der Waals surface area (Å²) in [6, 6.07) is 20.6. The van der Waals surface area contributed by atoms with Crippen LogP contribution in [0.5, 0.6) is 11.5 Å². The molecule has 0 saturated carbocycles. The molecule has 0 unspecified atom stereocenters. The molecule has 9 N–H and O–H groups in total. The van der Waals surface area contributed by atoms with Crippen molar-refractivity contribution in [2.24, 2.45) is 21.4 Å². The Morgan fingerprint density at radius 1 is 0.650 bits per heavy atom. The van der Waals surface area contributed by atoms with E-state index in [9.17, 15) is 103 Å². The number of nitro benzene ring substituents is 3. The average Bonchev–Trinajstić information content (AvgIpc) is 0.853. The number of nitrogens with zero attached hydrogens (tertiary/aromatic N) is 9. The first-order valence-corrected chi connectivity index (χ1v) is 47.0. The van der Waals surface area contributed by atoms with E-state index in [0.717, 1.165) is 84.4 Å². The molecule has 0 bridgehead atoms. The molecule has 12 rings (SSSR count). The number of ether oxygens (including phenoxy) is 4. The van der Waals surface area contributed by atoms with Gasteiger partial charge in [-0.1, -0.05) is 37.1 Å². The molecule has 656 valence electrons. The first kappa shape index (κ1) is 94.8. The predicted octanol–water partition coefficient (Wildman–Crippen LogP) is 6.75. The number of nitrogens with one attached hydrogen (secondary N) is 3. The molecular formula is C71H88ClF4N15O23S6. The van der Waals surface area contributed by atoms with Gasteiger partial charge in [-0.05, 0) is 109 Å². The number of anilines is 3. The summed E-state index contributed by atoms with van der Waals surface area (Å²) in [5, 5.41) is 49.7. The average molecular weight is 1820 g/mol. The molecule has 0 spiro atoms. The maximum absolute atomic E-state index is 14.1. The maximum Gasteiger partial charge on any atom is 0.416 e. The van der Waals surface area contributed by atoms with Crippen molar-refractivity contribution in [1.82, 2.24) is 27.8 Å². The van der Waals surface area contributed by atoms with E-state index in [1.54, 1.807) is 30.5 Å². The van der Waals surface area contributed by atoms with Crippen molar-refractivity contribution in [2.45, 2.75) is 72.3 Å². The van der Waals surface area contributed by atoms with Crippen LogP contribution < -0.4 is 36.3 Å². The molecule has 6 heterocycles. The van der Waals surface area contributed by atoms with E-state index in [1.165, 1.54) is 49.6 Å². The summed E-state index contributed by atoms with van der Waals surface area (Å²) in [4.78, 5) is 55.6. The van der Waals surface area contributed by atoms with Crippen LogP contribution >= 0.6 is 11.6 Å². The first-order valence-electron chi connectivity index (χ1n) is 36.4. The third kappa shape index (κ3) is 26.0. The SMILES string of the molecule is CC1(C)CCC(CN2CCN(c3ccc(C(=O)CS(=O)(=O)c4ccc(NC[C@H]5CN(S(C)(=O)=O)CCO5)c([N+](=O)[O-])c4)c(Oc4cnc5[nH]ccc5c4)c3)CC2)=C(c2ccc(C(F)(F)F)cc2Cl)C1.CS(=O)(=O)N1CCO[C@@H](CN)C1.CS(=O)(=O)N1CCO[C@@H](CNc2ccc(S(N)(=O)=O)cc2[N+](=O)[O-])C1.NS(=O)(=O)c1ccc(F)c([N+](=O)[O-])c1. The molecule has 3 atom stereocenters. The van der Waals surface area contributed by atoms with Crippen molar-refractivity contribution in [2.75, 3.05) is 152 Å². The number of carbonyl (C=O) groups is 1. The fourth-order valence-electron chi connectivity index (χ4n) is 13.2. The Bertz CT molecular complexity index is 5760. The number of benzene rings is 5. The number of aromatic amines is 1. The number of primary sulfonamides is 2. The molecule has 0 radical (unpaired) electrons. The van der Waals surface area contributed by atoms with E-state index < -0.39 is 143 Å². The molecule has 1 aliphatic carbocycles. The highest BCUT2D eigenvalue weighted by Crippen LogP contribution is 2.46. The summed E-state index contributed by atoms with van der Waals surface area (Å²) in [6.45, 7) is 10.00. The number of nitro groups is 3. The predicted molar refractivity (Wildman–Crippen MR) is 435 cm³/mol. The Morgan fingerprint density at radius 3 is 1.65 bits per heavy atom. The fraction of sp³-hybridized carbons (Fsp3) is 0.437. The van der Waals surface area contributed by atoms with E-state index in [-0.39, 0.29) is 102 Å². The zero-order valence-corrected chi connectivity index (χ0v) is 70.7. The number of nitrogens with two attached hydrogens (primary N) is 3. The summed E-state index contributed by atoms with van der Waals surface area (Å²) in [5.74, 6) is -2.60. The number of carbonyl (C=O) groups excluding carboxylic acids is 1. The number of allylic oxidation sites excluding steroid dienone is 1. The quantitative estimate of drug-likeness (QED) is 0.0149. The number of hydrogen-bond acceptors (Lipinski definition) is 29. The maximum atomic E-state index is 14.1. The molecule has 5 aliphatic rings. The van der Waals surface area contributed by atoms with Gasteiger partial charge in [-0.15, -0.1) is 0 Å². The number of fused-ring (bicyclic) bond motifs is 1. The minimum atomic E-state index is -4.51. The van der Waals surface area contributed by atoms with E-state index in [4.69, 9.17) is 46.6 Å². The number of ketones is 1. The highest BCUT2D eigenvalue weighted by atomic mass is 35.5. The number of aromatic nitrogens is 2. The van der Waals surface area contributed by atoms with Crippen LogP contribution in [-0.2, 0) is 80.3 Å². The summed E-state index contributed by atoms with van der Waals surface area (Å²) in [7, 11) is -22.5. The van der Waals surface area contributed by atoms with Crippen LogP contribution in [0.2, 0.25) is 5.02 Å². The molecule has 4 aliphatic heterocycles. The number of sulfone groups is 1. The lowest BCUT2D eigenvalue weighted by molar-refractivity contribution is -0.387. The number of pyridine rings is 1. The number of piperazine rings is 1. The highest BCUT2D eigenvalue weighted by molar-refractivity contribution is 7.92. The molecule has 0 amide bonds. The van der Waals surface area contributed by atoms with Crippen LogP contribution in [0, 0.1) is 41.6 Å². The fourth-order valence-corrected chi connectivity index (χ4v) is 18.4. The van der Waals surface area contributed by atoms with Crippen LogP contribution in [0.25, 0.3) is 16.6 Å². The first-order chi connectivity index (χ1) is 55.9. The second-order valence-corrected chi connectivity index (χ2v) is 40.6. The Kier molecular flexibility index (Phi) is 30.8. The normalized spacial score (nSPS) is 18.8. The minimum Gasteiger partial charge on any atom is -0.455 e. The Hall–Kier alpha value is -9.09. The van der Waals surface area contributed by atoms with E-state index in [2.05, 4.69) is 44.2 Å². The van der Waals surface area contributed by atoms with Crippen molar-refractivity contribution < 1.29 is 107 Å². The van der Waals surface area contributed by atoms with Gasteiger partial charge in [-0.3, -0.25) is 40.0 Å². The number of morpholine rings is 3. The lowest BCUT2D eigenvalue weighted by Crippen LogP contribution is -2.47. The van der Waals surface area contributed by atoms with E-state index in [1.807, 2.05) is 0 Å². The van der Waals surface area contributed by atoms with Crippen molar-refractivity contribution >= 4 is 128 Å². The summed E-state index contributed by atoms with van der Waals surface area (Å²) < 4.78 is 221. The van der Waals surface area contributed by atoms with E-state index in [0.29, 0.717) is 94.4 Å². The van der Waals surface area contributed by atoms with Gasteiger partial charge in [0.1, 0.15) is 34.3 Å². The second-order valence-electron chi connectivity index (χ2n) is 29.1. The summed E-state index contributed by atoms with van der Waals surface area (Å²) >= 11 is 6.53. The molecular weight excluding hydrogens is 1730 g/mol. The van der Waals surface area contributed by atoms with Crippen LogP contribution in [0.4, 0.5) is 51.7 Å². The molecule has 2 aromatic heterocycles. The van der Waals surface area contributed by atoms with Gasteiger partial charge in [0.2, 0.25) is 55.9 Å². The van der Waals surface area contributed by atoms with Gasteiger partial charge < -0.3 is 45.2 Å². The zero-order chi connectivity index (χ0) is 88.4. The third-order valence-corrected chi connectivity index (χ3v) is 27.2. The molecule has 38 nitrogen and oxygen atoms in total. The second kappa shape index (κ2) is 39.0. The number of rotatable bonds is 25. The van der Waals surface area contributed by atoms with Gasteiger partial charge >= 0.3 is 11.9 Å². The van der Waals surface area contributed by atoms with Gasteiger partial charge in [0.15, 0.2) is 15.6 Å². The number of hydrogen-bond donors (Lipinski definition) is 6. The third-order valence-electron chi connectivity index (χ3n) is 19.6. The molecule has 7 aromatic rings. The number of sulfonamides is 5. The van der Waals surface area contributed by atoms with Gasteiger partial charge in [-0.2, -0.15) is 30.5 Å². The largest absolute Gasteiger partial charge is 0.455 e. The van der Waals surface area contributed by atoms with Crippen molar-refractivity contribution in [1.29, 1.82) is 0 Å². The highest BCUT2D eigenvalue weighted by Gasteiger charge is 2.37. The molecule has 4 fully saturated rings. The van der Waals surface area contributed by atoms with Crippen LogP contribution in [-0.4, -0.2) is 253 Å². The smallest absolute Gasteiger partial charge is 0.416 e. The molecule has 4 saturated heterocycles. The molecule has 5 aromatic carbocycles. The summed E-state index contributed by atoms with van der Waals surface area (Å²) in [6.07, 6.45) is 3.15.